The number of benzene rings is 1. The molecule has 0 saturated carbocycles. The van der Waals surface area contributed by atoms with E-state index < -0.39 is 32.9 Å². The molecular weight excluding hydrogens is 309 g/mol. The van der Waals surface area contributed by atoms with Gasteiger partial charge in [0.15, 0.2) is 0 Å². The first-order valence-electron chi connectivity index (χ1n) is 5.98. The van der Waals surface area contributed by atoms with Crippen LogP contribution in [-0.4, -0.2) is 32.3 Å². The van der Waals surface area contributed by atoms with E-state index in [1.54, 1.807) is 6.92 Å². The fourth-order valence-electron chi connectivity index (χ4n) is 2.06. The Bertz CT molecular complexity index is 614. The molecule has 5 nitrogen and oxygen atoms in total. The monoisotopic (exact) mass is 323 g/mol. The van der Waals surface area contributed by atoms with Crippen LogP contribution in [0.4, 0.5) is 4.39 Å². The molecule has 1 aromatic rings. The minimum absolute atomic E-state index is 0.0450. The summed E-state index contributed by atoms with van der Waals surface area (Å²) in [5, 5.41) is 9.08. The smallest absolute Gasteiger partial charge is 0.244 e. The summed E-state index contributed by atoms with van der Waals surface area (Å²) in [5.74, 6) is -0.994. The van der Waals surface area contributed by atoms with Crippen molar-refractivity contribution in [3.05, 3.63) is 28.5 Å². The Balaban J connectivity index is 2.41. The highest BCUT2D eigenvalue weighted by Gasteiger charge is 2.36. The van der Waals surface area contributed by atoms with Gasteiger partial charge in [-0.25, -0.2) is 17.5 Å². The molecule has 0 spiro atoms. The fourth-order valence-corrected chi connectivity index (χ4v) is 3.93. The van der Waals surface area contributed by atoms with Crippen LogP contribution in [-0.2, 0) is 21.4 Å². The number of hydrogen-bond acceptors (Lipinski definition) is 4. The summed E-state index contributed by atoms with van der Waals surface area (Å²) in [7, 11) is -4.09. The van der Waals surface area contributed by atoms with Crippen LogP contribution in [0.15, 0.2) is 17.0 Å². The Morgan fingerprint density at radius 2 is 2.25 bits per heavy atom. The van der Waals surface area contributed by atoms with Crippen molar-refractivity contribution >= 4 is 21.6 Å². The van der Waals surface area contributed by atoms with Gasteiger partial charge in [-0.1, -0.05) is 11.6 Å². The van der Waals surface area contributed by atoms with E-state index in [0.717, 1.165) is 6.07 Å². The zero-order valence-electron chi connectivity index (χ0n) is 10.8. The molecule has 1 heterocycles. The lowest BCUT2D eigenvalue weighted by molar-refractivity contribution is 0.178. The van der Waals surface area contributed by atoms with E-state index >= 15 is 0 Å². The average molecular weight is 324 g/mol. The topological polar surface area (TPSA) is 75.6 Å². The summed E-state index contributed by atoms with van der Waals surface area (Å²) in [5.41, 5.74) is -0.932. The second-order valence-corrected chi connectivity index (χ2v) is 7.09. The number of nitrogens with one attached hydrogen (secondary N) is 1. The number of ether oxygens (including phenoxy) is 1. The number of rotatable bonds is 4. The van der Waals surface area contributed by atoms with Gasteiger partial charge in [0.05, 0.1) is 18.8 Å². The molecular formula is C12H15ClFNO4S. The van der Waals surface area contributed by atoms with Crippen LogP contribution < -0.4 is 4.72 Å². The SMILES string of the molecule is CC1(NS(=O)(=O)c2cc(Cl)cc(CO)c2F)CCOC1. The van der Waals surface area contributed by atoms with Crippen molar-refractivity contribution in [1.82, 2.24) is 4.72 Å². The molecule has 1 aliphatic rings. The van der Waals surface area contributed by atoms with Crippen LogP contribution in [0.5, 0.6) is 0 Å². The van der Waals surface area contributed by atoms with Crippen LogP contribution in [0.2, 0.25) is 5.02 Å². The van der Waals surface area contributed by atoms with E-state index in [2.05, 4.69) is 4.72 Å². The lowest BCUT2D eigenvalue weighted by Crippen LogP contribution is -2.46. The Kier molecular flexibility index (Phi) is 4.36. The minimum Gasteiger partial charge on any atom is -0.392 e. The maximum absolute atomic E-state index is 14.1. The third kappa shape index (κ3) is 3.12. The Hall–Kier alpha value is -0.730. The van der Waals surface area contributed by atoms with Gasteiger partial charge >= 0.3 is 0 Å². The fraction of sp³-hybridized carbons (Fsp3) is 0.500. The zero-order valence-corrected chi connectivity index (χ0v) is 12.4. The maximum atomic E-state index is 14.1. The highest BCUT2D eigenvalue weighted by molar-refractivity contribution is 7.89. The largest absolute Gasteiger partial charge is 0.392 e. The molecule has 1 atom stereocenters. The molecule has 1 aromatic carbocycles. The normalized spacial score (nSPS) is 23.2. The van der Waals surface area contributed by atoms with E-state index in [9.17, 15) is 12.8 Å². The van der Waals surface area contributed by atoms with E-state index in [1.165, 1.54) is 6.07 Å². The van der Waals surface area contributed by atoms with E-state index in [-0.39, 0.29) is 17.2 Å². The van der Waals surface area contributed by atoms with E-state index in [4.69, 9.17) is 21.4 Å². The van der Waals surface area contributed by atoms with Gasteiger partial charge in [-0.2, -0.15) is 0 Å². The molecule has 1 aliphatic heterocycles. The summed E-state index contributed by atoms with van der Waals surface area (Å²) in [6.45, 7) is 1.72. The third-order valence-electron chi connectivity index (χ3n) is 3.14. The van der Waals surface area contributed by atoms with Crippen LogP contribution >= 0.6 is 11.6 Å². The van der Waals surface area contributed by atoms with Gasteiger partial charge in [0.2, 0.25) is 10.0 Å². The molecule has 2 rings (SSSR count). The van der Waals surface area contributed by atoms with E-state index in [0.29, 0.717) is 13.0 Å². The van der Waals surface area contributed by atoms with Gasteiger partial charge in [-0.05, 0) is 25.5 Å². The van der Waals surface area contributed by atoms with Crippen molar-refractivity contribution in [2.45, 2.75) is 30.4 Å². The molecule has 112 valence electrons. The summed E-state index contributed by atoms with van der Waals surface area (Å²) in [6.07, 6.45) is 0.501. The van der Waals surface area contributed by atoms with Gasteiger partial charge in [0, 0.05) is 17.2 Å². The molecule has 1 unspecified atom stereocenters. The van der Waals surface area contributed by atoms with Crippen LogP contribution in [0.1, 0.15) is 18.9 Å². The Morgan fingerprint density at radius 1 is 1.55 bits per heavy atom. The zero-order chi connectivity index (χ0) is 15.0. The van der Waals surface area contributed by atoms with Crippen LogP contribution in [0, 0.1) is 5.82 Å². The predicted molar refractivity (Wildman–Crippen MR) is 71.5 cm³/mol. The molecule has 8 heteroatoms. The second kappa shape index (κ2) is 5.57. The minimum atomic E-state index is -4.09. The molecule has 2 N–H and O–H groups in total. The first-order chi connectivity index (χ1) is 9.27. The summed E-state index contributed by atoms with van der Waals surface area (Å²) >= 11 is 5.76. The number of aliphatic hydroxyl groups excluding tert-OH is 1. The lowest BCUT2D eigenvalue weighted by atomic mass is 10.0. The molecule has 0 amide bonds. The number of halogens is 2. The molecule has 1 fully saturated rings. The molecule has 1 saturated heterocycles. The van der Waals surface area contributed by atoms with Crippen molar-refractivity contribution in [3.8, 4) is 0 Å². The van der Waals surface area contributed by atoms with Crippen LogP contribution in [0.3, 0.4) is 0 Å². The first kappa shape index (κ1) is 15.7. The third-order valence-corrected chi connectivity index (χ3v) is 4.99. The molecule has 20 heavy (non-hydrogen) atoms. The van der Waals surface area contributed by atoms with Crippen LogP contribution in [0.25, 0.3) is 0 Å². The van der Waals surface area contributed by atoms with Crippen molar-refractivity contribution in [2.24, 2.45) is 0 Å². The van der Waals surface area contributed by atoms with Crippen molar-refractivity contribution in [1.29, 1.82) is 0 Å². The number of aliphatic hydroxyl groups is 1. The Morgan fingerprint density at radius 3 is 2.80 bits per heavy atom. The Labute approximate surface area is 121 Å². The maximum Gasteiger partial charge on any atom is 0.244 e. The lowest BCUT2D eigenvalue weighted by Gasteiger charge is -2.23. The quantitative estimate of drug-likeness (QED) is 0.879. The molecule has 0 aliphatic carbocycles. The highest BCUT2D eigenvalue weighted by Crippen LogP contribution is 2.26. The number of hydrogen-bond donors (Lipinski definition) is 2. The van der Waals surface area contributed by atoms with Gasteiger partial charge in [-0.15, -0.1) is 0 Å². The van der Waals surface area contributed by atoms with Gasteiger partial charge in [0.25, 0.3) is 0 Å². The summed E-state index contributed by atoms with van der Waals surface area (Å²) in [6, 6.07) is 2.22. The first-order valence-corrected chi connectivity index (χ1v) is 7.84. The predicted octanol–water partition coefficient (Wildman–Crippen LogP) is 1.43. The molecule has 0 radical (unpaired) electrons. The highest BCUT2D eigenvalue weighted by atomic mass is 35.5. The average Bonchev–Trinajstić information content (AvgIpc) is 2.77. The van der Waals surface area contributed by atoms with E-state index in [1.807, 2.05) is 0 Å². The van der Waals surface area contributed by atoms with Crippen molar-refractivity contribution < 1.29 is 22.7 Å². The number of sulfonamides is 1. The van der Waals surface area contributed by atoms with Gasteiger partial charge < -0.3 is 9.84 Å². The van der Waals surface area contributed by atoms with Gasteiger partial charge in [0.1, 0.15) is 10.7 Å². The second-order valence-electron chi connectivity index (χ2n) is 5.00. The van der Waals surface area contributed by atoms with Crippen molar-refractivity contribution in [2.75, 3.05) is 13.2 Å². The molecule has 0 aromatic heterocycles. The standard InChI is InChI=1S/C12H15ClFNO4S/c1-12(2-3-19-7-12)15-20(17,18)10-5-9(13)4-8(6-16)11(10)14/h4-5,15-16H,2-3,6-7H2,1H3. The van der Waals surface area contributed by atoms with Gasteiger partial charge in [-0.3, -0.25) is 0 Å². The summed E-state index contributed by atoms with van der Waals surface area (Å²) in [4.78, 5) is -0.567. The molecule has 0 bridgehead atoms. The van der Waals surface area contributed by atoms with Crippen molar-refractivity contribution in [3.63, 3.8) is 0 Å². The summed E-state index contributed by atoms with van der Waals surface area (Å²) < 4.78 is 46.2.